The molecule has 1 spiro atoms. The monoisotopic (exact) mass is 254 g/mol. The van der Waals surface area contributed by atoms with E-state index in [-0.39, 0.29) is 17.0 Å². The highest BCUT2D eigenvalue weighted by Crippen LogP contribution is 2.47. The minimum atomic E-state index is -0.678. The first kappa shape index (κ1) is 13.8. The Morgan fingerprint density at radius 3 is 1.83 bits per heavy atom. The second-order valence-corrected chi connectivity index (χ2v) is 7.60. The van der Waals surface area contributed by atoms with Gasteiger partial charge in [-0.15, -0.1) is 0 Å². The third-order valence-corrected chi connectivity index (χ3v) is 4.53. The maximum atomic E-state index is 12.4. The van der Waals surface area contributed by atoms with Crippen LogP contribution in [0.1, 0.15) is 54.4 Å². The fraction of sp³-hybridized carbons (Fsp3) is 0.929. The van der Waals surface area contributed by atoms with Crippen LogP contribution in [-0.2, 0) is 9.53 Å². The van der Waals surface area contributed by atoms with E-state index in [0.29, 0.717) is 0 Å². The van der Waals surface area contributed by atoms with Crippen molar-refractivity contribution in [1.29, 1.82) is 0 Å². The number of carbonyl (C=O) groups excluding carboxylic acids is 1. The molecule has 2 saturated heterocycles. The predicted molar refractivity (Wildman–Crippen MR) is 71.2 cm³/mol. The molecule has 4 nitrogen and oxygen atoms in total. The Bertz CT molecular complexity index is 367. The van der Waals surface area contributed by atoms with Gasteiger partial charge in [0.1, 0.15) is 5.72 Å². The van der Waals surface area contributed by atoms with E-state index in [1.807, 2.05) is 13.8 Å². The van der Waals surface area contributed by atoms with Crippen molar-refractivity contribution in [3.8, 4) is 0 Å². The summed E-state index contributed by atoms with van der Waals surface area (Å²) in [7, 11) is 2.13. The van der Waals surface area contributed by atoms with Gasteiger partial charge in [0.25, 0.3) is 5.91 Å². The zero-order valence-corrected chi connectivity index (χ0v) is 12.7. The van der Waals surface area contributed by atoms with Gasteiger partial charge in [-0.1, -0.05) is 0 Å². The van der Waals surface area contributed by atoms with E-state index in [1.54, 1.807) is 0 Å². The van der Waals surface area contributed by atoms with Crippen molar-refractivity contribution < 1.29 is 9.53 Å². The van der Waals surface area contributed by atoms with Crippen LogP contribution >= 0.6 is 0 Å². The van der Waals surface area contributed by atoms with Crippen LogP contribution in [0.3, 0.4) is 0 Å². The summed E-state index contributed by atoms with van der Waals surface area (Å²) in [6.45, 7) is 12.5. The second-order valence-electron chi connectivity index (χ2n) is 7.60. The van der Waals surface area contributed by atoms with E-state index < -0.39 is 11.3 Å². The molecule has 0 aromatic heterocycles. The smallest absolute Gasteiger partial charge is 0.254 e. The number of hydrogen-bond donors (Lipinski definition) is 1. The Balaban J connectivity index is 2.40. The van der Waals surface area contributed by atoms with Gasteiger partial charge in [0, 0.05) is 23.9 Å². The molecule has 0 radical (unpaired) electrons. The fourth-order valence-corrected chi connectivity index (χ4v) is 3.70. The summed E-state index contributed by atoms with van der Waals surface area (Å²) in [5.41, 5.74) is -1.35. The molecule has 0 atom stereocenters. The standard InChI is InChI=1S/C14H26N2O2/c1-11(2)8-14(9-12(3,4)16(11)7)10(17)15-13(5,6)18-14/h8-9H2,1-7H3,(H,15,17). The Morgan fingerprint density at radius 1 is 1.06 bits per heavy atom. The summed E-state index contributed by atoms with van der Waals surface area (Å²) in [6.07, 6.45) is 1.46. The highest BCUT2D eigenvalue weighted by molar-refractivity contribution is 5.88. The number of ether oxygens (including phenoxy) is 1. The van der Waals surface area contributed by atoms with Crippen LogP contribution in [0.2, 0.25) is 0 Å². The molecule has 0 aromatic carbocycles. The van der Waals surface area contributed by atoms with E-state index in [2.05, 4.69) is 45.0 Å². The Labute approximate surface area is 110 Å². The molecule has 2 aliphatic rings. The lowest BCUT2D eigenvalue weighted by Gasteiger charge is -2.56. The third-order valence-electron chi connectivity index (χ3n) is 4.53. The number of likely N-dealkylation sites (tertiary alicyclic amines) is 1. The van der Waals surface area contributed by atoms with E-state index in [9.17, 15) is 4.79 Å². The van der Waals surface area contributed by atoms with Gasteiger partial charge in [-0.25, -0.2) is 0 Å². The van der Waals surface area contributed by atoms with Crippen LogP contribution in [0, 0.1) is 0 Å². The van der Waals surface area contributed by atoms with Gasteiger partial charge in [0.2, 0.25) is 0 Å². The highest BCUT2D eigenvalue weighted by atomic mass is 16.6. The zero-order chi connectivity index (χ0) is 14.0. The minimum absolute atomic E-state index is 0.0433. The molecule has 0 unspecified atom stereocenters. The topological polar surface area (TPSA) is 41.6 Å². The van der Waals surface area contributed by atoms with Crippen molar-refractivity contribution in [3.63, 3.8) is 0 Å². The average molecular weight is 254 g/mol. The summed E-state index contributed by atoms with van der Waals surface area (Å²) in [5, 5.41) is 2.96. The SMILES string of the molecule is CN1C(C)(C)CC2(CC1(C)C)OC(C)(C)NC2=O. The lowest BCUT2D eigenvalue weighted by molar-refractivity contribution is -0.176. The molecule has 0 saturated carbocycles. The molecule has 0 bridgehead atoms. The summed E-state index contributed by atoms with van der Waals surface area (Å²) in [6, 6.07) is 0. The van der Waals surface area contributed by atoms with E-state index in [1.165, 1.54) is 0 Å². The van der Waals surface area contributed by atoms with Gasteiger partial charge in [-0.2, -0.15) is 0 Å². The first-order valence-electron chi connectivity index (χ1n) is 6.67. The molecule has 4 heteroatoms. The van der Waals surface area contributed by atoms with Crippen molar-refractivity contribution in [2.45, 2.75) is 76.8 Å². The van der Waals surface area contributed by atoms with Crippen molar-refractivity contribution in [2.24, 2.45) is 0 Å². The summed E-state index contributed by atoms with van der Waals surface area (Å²) in [5.74, 6) is 0.0433. The van der Waals surface area contributed by atoms with Crippen LogP contribution < -0.4 is 5.32 Å². The van der Waals surface area contributed by atoms with Crippen molar-refractivity contribution >= 4 is 5.91 Å². The van der Waals surface area contributed by atoms with Crippen LogP contribution in [0.4, 0.5) is 0 Å². The van der Waals surface area contributed by atoms with Gasteiger partial charge < -0.3 is 10.1 Å². The largest absolute Gasteiger partial charge is 0.340 e. The van der Waals surface area contributed by atoms with Crippen molar-refractivity contribution in [1.82, 2.24) is 10.2 Å². The lowest BCUT2D eigenvalue weighted by atomic mass is 9.71. The Morgan fingerprint density at radius 2 is 1.50 bits per heavy atom. The molecule has 104 valence electrons. The second kappa shape index (κ2) is 3.48. The number of rotatable bonds is 0. The number of nitrogens with one attached hydrogen (secondary N) is 1. The molecule has 1 amide bonds. The molecular weight excluding hydrogens is 228 g/mol. The first-order valence-corrected chi connectivity index (χ1v) is 6.67. The van der Waals surface area contributed by atoms with E-state index in [4.69, 9.17) is 4.74 Å². The molecule has 2 fully saturated rings. The normalized spacial score (nSPS) is 32.5. The number of piperidine rings is 1. The van der Waals surface area contributed by atoms with E-state index >= 15 is 0 Å². The summed E-state index contributed by atoms with van der Waals surface area (Å²) >= 11 is 0. The molecule has 18 heavy (non-hydrogen) atoms. The molecular formula is C14H26N2O2. The number of nitrogens with zero attached hydrogens (tertiary/aromatic N) is 1. The van der Waals surface area contributed by atoms with Crippen molar-refractivity contribution in [2.75, 3.05) is 7.05 Å². The number of hydrogen-bond acceptors (Lipinski definition) is 3. The van der Waals surface area contributed by atoms with Crippen LogP contribution in [-0.4, -0.2) is 40.3 Å². The van der Waals surface area contributed by atoms with Gasteiger partial charge in [0.05, 0.1) is 0 Å². The summed E-state index contributed by atoms with van der Waals surface area (Å²) < 4.78 is 6.12. The van der Waals surface area contributed by atoms with Gasteiger partial charge in [-0.05, 0) is 48.6 Å². The first-order chi connectivity index (χ1) is 7.90. The molecule has 0 aliphatic carbocycles. The van der Waals surface area contributed by atoms with Crippen LogP contribution in [0.5, 0.6) is 0 Å². The quantitative estimate of drug-likeness (QED) is 0.718. The fourth-order valence-electron chi connectivity index (χ4n) is 3.70. The third kappa shape index (κ3) is 1.95. The molecule has 2 rings (SSSR count). The average Bonchev–Trinajstić information content (AvgIpc) is 2.30. The molecule has 2 aliphatic heterocycles. The zero-order valence-electron chi connectivity index (χ0n) is 12.7. The Kier molecular flexibility index (Phi) is 2.67. The summed E-state index contributed by atoms with van der Waals surface area (Å²) in [4.78, 5) is 14.7. The van der Waals surface area contributed by atoms with Gasteiger partial charge in [-0.3, -0.25) is 9.69 Å². The van der Waals surface area contributed by atoms with Crippen molar-refractivity contribution in [3.05, 3.63) is 0 Å². The molecule has 2 heterocycles. The highest BCUT2D eigenvalue weighted by Gasteiger charge is 2.60. The molecule has 1 N–H and O–H groups in total. The van der Waals surface area contributed by atoms with E-state index in [0.717, 1.165) is 12.8 Å². The maximum absolute atomic E-state index is 12.4. The predicted octanol–water partition coefficient (Wildman–Crippen LogP) is 1.89. The van der Waals surface area contributed by atoms with Gasteiger partial charge >= 0.3 is 0 Å². The minimum Gasteiger partial charge on any atom is -0.340 e. The number of carbonyl (C=O) groups is 1. The Hall–Kier alpha value is -0.610. The van der Waals surface area contributed by atoms with Crippen LogP contribution in [0.15, 0.2) is 0 Å². The van der Waals surface area contributed by atoms with Crippen LogP contribution in [0.25, 0.3) is 0 Å². The van der Waals surface area contributed by atoms with Gasteiger partial charge in [0.15, 0.2) is 5.60 Å². The number of amides is 1. The maximum Gasteiger partial charge on any atom is 0.254 e. The molecule has 0 aromatic rings. The lowest BCUT2D eigenvalue weighted by Crippen LogP contribution is -2.65.